The molecule has 86 valence electrons. The van der Waals surface area contributed by atoms with Crippen LogP contribution in [0, 0.1) is 0 Å². The predicted octanol–water partition coefficient (Wildman–Crippen LogP) is 2.49. The van der Waals surface area contributed by atoms with Crippen molar-refractivity contribution in [2.75, 3.05) is 19.8 Å². The number of carbonyl (C=O) groups is 1. The van der Waals surface area contributed by atoms with Gasteiger partial charge in [0.25, 0.3) is 0 Å². The summed E-state index contributed by atoms with van der Waals surface area (Å²) in [5.41, 5.74) is -0.362. The summed E-state index contributed by atoms with van der Waals surface area (Å²) in [4.78, 5) is 11.2. The summed E-state index contributed by atoms with van der Waals surface area (Å²) >= 11 is 3.22. The smallest absolute Gasteiger partial charge is 0.420 e. The highest BCUT2D eigenvalue weighted by molar-refractivity contribution is 9.07. The number of halogens is 1. The molecular weight excluding hydrogens is 262 g/mol. The Hall–Kier alpha value is -0.550. The van der Waals surface area contributed by atoms with Crippen molar-refractivity contribution in [1.82, 2.24) is 3.93 Å². The average Bonchev–Trinajstić information content (AvgIpc) is 2.53. The fourth-order valence-corrected chi connectivity index (χ4v) is 1.92. The Kier molecular flexibility index (Phi) is 4.60. The molecule has 1 rings (SSSR count). The minimum Gasteiger partial charge on any atom is -0.446 e. The zero-order valence-corrected chi connectivity index (χ0v) is 10.6. The second-order valence-electron chi connectivity index (χ2n) is 3.50. The Labute approximate surface area is 98.6 Å². The second kappa shape index (κ2) is 5.51. The summed E-state index contributed by atoms with van der Waals surface area (Å²) in [6.07, 6.45) is 4.31. The van der Waals surface area contributed by atoms with Gasteiger partial charge in [-0.3, -0.25) is 0 Å². The number of cyclic esters (lactones) is 1. The molecule has 5 heteroatoms. The third kappa shape index (κ3) is 2.72. The maximum absolute atomic E-state index is 11.2. The van der Waals surface area contributed by atoms with Crippen molar-refractivity contribution in [2.24, 2.45) is 0 Å². The topological polar surface area (TPSA) is 38.8 Å². The number of amides is 1. The molecule has 0 radical (unpaired) electrons. The molecule has 0 N–H and O–H groups in total. The highest BCUT2D eigenvalue weighted by Crippen LogP contribution is 2.31. The van der Waals surface area contributed by atoms with Gasteiger partial charge >= 0.3 is 6.09 Å². The fourth-order valence-electron chi connectivity index (χ4n) is 1.36. The number of hydrogen-bond acceptors (Lipinski definition) is 3. The Balaban J connectivity index is 2.50. The van der Waals surface area contributed by atoms with Crippen molar-refractivity contribution in [3.63, 3.8) is 0 Å². The normalized spacial score (nSPS) is 26.3. The number of ether oxygens (including phenoxy) is 2. The van der Waals surface area contributed by atoms with Crippen LogP contribution in [-0.4, -0.2) is 35.4 Å². The first-order valence-corrected chi connectivity index (χ1v) is 5.69. The molecule has 0 aliphatic carbocycles. The predicted molar refractivity (Wildman–Crippen MR) is 60.8 cm³/mol. The zero-order chi connectivity index (χ0) is 11.3. The molecule has 4 nitrogen and oxygen atoms in total. The molecule has 0 bridgehead atoms. The number of allylic oxidation sites excluding steroid dienone is 1. The van der Waals surface area contributed by atoms with Crippen LogP contribution in [0.15, 0.2) is 12.2 Å². The van der Waals surface area contributed by atoms with Gasteiger partial charge in [-0.25, -0.2) is 8.72 Å². The molecule has 1 saturated heterocycles. The summed E-state index contributed by atoms with van der Waals surface area (Å²) in [5.74, 6) is 0. The molecule has 0 aromatic heterocycles. The van der Waals surface area contributed by atoms with Crippen molar-refractivity contribution >= 4 is 22.2 Å². The first-order valence-electron chi connectivity index (χ1n) is 4.98. The zero-order valence-electron chi connectivity index (χ0n) is 9.03. The third-order valence-electron chi connectivity index (χ3n) is 2.52. The fraction of sp³-hybridized carbons (Fsp3) is 0.700. The van der Waals surface area contributed by atoms with E-state index in [4.69, 9.17) is 9.47 Å². The number of hydrogen-bond donors (Lipinski definition) is 0. The standard InChI is InChI=1S/C10H16BrNO3/c1-3-5-6-14-7-10(4-2)8-15-9(13)12(10)11/h3,5H,4,6-8H2,1-2H3/b5-3+. The maximum Gasteiger partial charge on any atom is 0.420 e. The van der Waals surface area contributed by atoms with Crippen molar-refractivity contribution in [3.8, 4) is 0 Å². The summed E-state index contributed by atoms with van der Waals surface area (Å²) in [5, 5.41) is 0. The summed E-state index contributed by atoms with van der Waals surface area (Å²) < 4.78 is 11.9. The van der Waals surface area contributed by atoms with Gasteiger partial charge in [0.1, 0.15) is 12.1 Å². The van der Waals surface area contributed by atoms with Crippen LogP contribution in [0.3, 0.4) is 0 Å². The lowest BCUT2D eigenvalue weighted by Gasteiger charge is -2.29. The van der Waals surface area contributed by atoms with E-state index < -0.39 is 0 Å². The van der Waals surface area contributed by atoms with Gasteiger partial charge in [0, 0.05) is 0 Å². The Bertz CT molecular complexity index is 257. The second-order valence-corrected chi connectivity index (χ2v) is 4.21. The summed E-state index contributed by atoms with van der Waals surface area (Å²) in [6.45, 7) is 5.37. The van der Waals surface area contributed by atoms with Crippen LogP contribution < -0.4 is 0 Å². The molecule has 1 heterocycles. The lowest BCUT2D eigenvalue weighted by atomic mass is 10.00. The highest BCUT2D eigenvalue weighted by Gasteiger charge is 2.45. The van der Waals surface area contributed by atoms with E-state index in [0.29, 0.717) is 19.8 Å². The number of rotatable bonds is 5. The molecule has 0 spiro atoms. The van der Waals surface area contributed by atoms with Crippen LogP contribution in [0.1, 0.15) is 20.3 Å². The molecule has 0 aromatic rings. The van der Waals surface area contributed by atoms with E-state index in [0.717, 1.165) is 6.42 Å². The van der Waals surface area contributed by atoms with E-state index in [2.05, 4.69) is 16.1 Å². The molecule has 1 aliphatic heterocycles. The molecule has 0 saturated carbocycles. The van der Waals surface area contributed by atoms with E-state index in [-0.39, 0.29) is 11.6 Å². The van der Waals surface area contributed by atoms with Gasteiger partial charge in [-0.15, -0.1) is 0 Å². The Morgan fingerprint density at radius 1 is 1.73 bits per heavy atom. The molecule has 1 aliphatic rings. The molecule has 0 aromatic carbocycles. The van der Waals surface area contributed by atoms with Crippen LogP contribution in [-0.2, 0) is 9.47 Å². The molecule has 1 amide bonds. The first-order chi connectivity index (χ1) is 7.16. The van der Waals surface area contributed by atoms with E-state index in [9.17, 15) is 4.79 Å². The van der Waals surface area contributed by atoms with E-state index in [1.807, 2.05) is 26.0 Å². The van der Waals surface area contributed by atoms with Crippen molar-refractivity contribution < 1.29 is 14.3 Å². The van der Waals surface area contributed by atoms with Crippen molar-refractivity contribution in [3.05, 3.63) is 12.2 Å². The minimum atomic E-state index is -0.362. The van der Waals surface area contributed by atoms with Crippen molar-refractivity contribution in [1.29, 1.82) is 0 Å². The lowest BCUT2D eigenvalue weighted by Crippen LogP contribution is -2.45. The minimum absolute atomic E-state index is 0.341. The van der Waals surface area contributed by atoms with E-state index in [1.54, 1.807) is 0 Å². The van der Waals surface area contributed by atoms with Gasteiger partial charge in [-0.2, -0.15) is 0 Å². The molecule has 15 heavy (non-hydrogen) atoms. The Morgan fingerprint density at radius 2 is 2.47 bits per heavy atom. The summed E-state index contributed by atoms with van der Waals surface area (Å²) in [7, 11) is 0. The van der Waals surface area contributed by atoms with Crippen LogP contribution in [0.4, 0.5) is 4.79 Å². The summed E-state index contributed by atoms with van der Waals surface area (Å²) in [6, 6.07) is 0. The van der Waals surface area contributed by atoms with Gasteiger partial charge < -0.3 is 9.47 Å². The van der Waals surface area contributed by atoms with Crippen LogP contribution in [0.25, 0.3) is 0 Å². The first kappa shape index (κ1) is 12.5. The maximum atomic E-state index is 11.2. The van der Waals surface area contributed by atoms with Gasteiger partial charge in [0.2, 0.25) is 0 Å². The lowest BCUT2D eigenvalue weighted by molar-refractivity contribution is 0.0669. The monoisotopic (exact) mass is 277 g/mol. The van der Waals surface area contributed by atoms with Gasteiger partial charge in [-0.1, -0.05) is 19.1 Å². The quantitative estimate of drug-likeness (QED) is 0.440. The van der Waals surface area contributed by atoms with E-state index >= 15 is 0 Å². The molecular formula is C10H16BrNO3. The van der Waals surface area contributed by atoms with Gasteiger partial charge in [-0.05, 0) is 13.3 Å². The van der Waals surface area contributed by atoms with Gasteiger partial charge in [0.05, 0.1) is 29.4 Å². The van der Waals surface area contributed by atoms with Crippen molar-refractivity contribution in [2.45, 2.75) is 25.8 Å². The van der Waals surface area contributed by atoms with Crippen LogP contribution in [0.5, 0.6) is 0 Å². The Morgan fingerprint density at radius 3 is 2.93 bits per heavy atom. The van der Waals surface area contributed by atoms with Crippen LogP contribution >= 0.6 is 16.1 Å². The largest absolute Gasteiger partial charge is 0.446 e. The van der Waals surface area contributed by atoms with Crippen LogP contribution in [0.2, 0.25) is 0 Å². The molecule has 1 unspecified atom stereocenters. The SMILES string of the molecule is C/C=C/COCC1(CC)COC(=O)N1Br. The number of nitrogens with zero attached hydrogens (tertiary/aromatic N) is 1. The number of carbonyl (C=O) groups excluding carboxylic acids is 1. The average molecular weight is 278 g/mol. The van der Waals surface area contributed by atoms with Gasteiger partial charge in [0.15, 0.2) is 0 Å². The van der Waals surface area contributed by atoms with E-state index in [1.165, 1.54) is 3.93 Å². The third-order valence-corrected chi connectivity index (χ3v) is 3.56. The molecule has 1 fully saturated rings. The highest BCUT2D eigenvalue weighted by atomic mass is 79.9. The molecule has 1 atom stereocenters.